The van der Waals surface area contributed by atoms with Crippen molar-refractivity contribution in [3.63, 3.8) is 0 Å². The molecule has 20 heavy (non-hydrogen) atoms. The fraction of sp³-hybridized carbons (Fsp3) is 0.375. The van der Waals surface area contributed by atoms with Crippen LogP contribution < -0.4 is 0 Å². The smallest absolute Gasteiger partial charge is 0.237 e. The maximum Gasteiger partial charge on any atom is 0.237 e. The second-order valence-electron chi connectivity index (χ2n) is 6.22. The highest BCUT2D eigenvalue weighted by atomic mass is 16.6. The van der Waals surface area contributed by atoms with Crippen LogP contribution in [0, 0.1) is 0 Å². The van der Waals surface area contributed by atoms with E-state index in [0.29, 0.717) is 11.5 Å². The Hall–Kier alpha value is -2.10. The molecule has 4 heteroatoms. The zero-order chi connectivity index (χ0) is 14.7. The third-order valence-electron chi connectivity index (χ3n) is 3.42. The predicted molar refractivity (Wildman–Crippen MR) is 72.7 cm³/mol. The molecule has 0 saturated carbocycles. The molecule has 2 heterocycles. The van der Waals surface area contributed by atoms with Crippen molar-refractivity contribution in [3.8, 4) is 0 Å². The third kappa shape index (κ3) is 1.83. The maximum absolute atomic E-state index is 12.1. The zero-order valence-corrected chi connectivity index (χ0v) is 11.9. The number of hydrogen-bond acceptors (Lipinski definition) is 4. The van der Waals surface area contributed by atoms with Crippen LogP contribution in [0.4, 0.5) is 0 Å². The van der Waals surface area contributed by atoms with E-state index in [1.165, 1.54) is 0 Å². The molecule has 0 aromatic heterocycles. The summed E-state index contributed by atoms with van der Waals surface area (Å²) in [6.45, 7) is 7.55. The highest BCUT2D eigenvalue weighted by molar-refractivity contribution is 6.51. The molecule has 0 saturated heterocycles. The number of carbonyl (C=O) groups excluding carboxylic acids is 2. The Kier molecular flexibility index (Phi) is 2.40. The van der Waals surface area contributed by atoms with Gasteiger partial charge in [0.2, 0.25) is 11.6 Å². The SMILES string of the molecule is CC1(C)C=CC2=C(O1)C1=C(C=CC(C)(C)O1)C(=O)C2=O. The highest BCUT2D eigenvalue weighted by Gasteiger charge is 2.42. The minimum absolute atomic E-state index is 0.277. The minimum Gasteiger partial charge on any atom is -0.479 e. The molecule has 0 amide bonds. The van der Waals surface area contributed by atoms with Crippen LogP contribution in [0.1, 0.15) is 27.7 Å². The average molecular weight is 272 g/mol. The first-order valence-corrected chi connectivity index (χ1v) is 6.55. The molecular formula is C16H16O4. The summed E-state index contributed by atoms with van der Waals surface area (Å²) in [6, 6.07) is 0. The second kappa shape index (κ2) is 3.72. The number of allylic oxidation sites excluding steroid dienone is 4. The van der Waals surface area contributed by atoms with E-state index >= 15 is 0 Å². The maximum atomic E-state index is 12.1. The topological polar surface area (TPSA) is 52.6 Å². The molecule has 0 atom stereocenters. The van der Waals surface area contributed by atoms with Crippen LogP contribution in [0.5, 0.6) is 0 Å². The minimum atomic E-state index is -0.543. The number of ether oxygens (including phenoxy) is 2. The van der Waals surface area contributed by atoms with Crippen LogP contribution in [0.3, 0.4) is 0 Å². The number of ketones is 2. The molecule has 0 aromatic carbocycles. The Balaban J connectivity index is 2.18. The molecule has 0 radical (unpaired) electrons. The highest BCUT2D eigenvalue weighted by Crippen LogP contribution is 2.40. The predicted octanol–water partition coefficient (Wildman–Crippen LogP) is 2.38. The summed E-state index contributed by atoms with van der Waals surface area (Å²) in [5.74, 6) is -0.346. The summed E-state index contributed by atoms with van der Waals surface area (Å²) in [5, 5.41) is 0. The van der Waals surface area contributed by atoms with E-state index in [2.05, 4.69) is 0 Å². The van der Waals surface area contributed by atoms with Crippen molar-refractivity contribution in [3.05, 3.63) is 47.0 Å². The van der Waals surface area contributed by atoms with Crippen molar-refractivity contribution in [2.45, 2.75) is 38.9 Å². The van der Waals surface area contributed by atoms with Crippen LogP contribution in [0.2, 0.25) is 0 Å². The van der Waals surface area contributed by atoms with Gasteiger partial charge in [0.15, 0.2) is 11.5 Å². The van der Waals surface area contributed by atoms with Crippen LogP contribution in [-0.2, 0) is 19.1 Å². The average Bonchev–Trinajstić information content (AvgIpc) is 2.34. The molecule has 1 aliphatic carbocycles. The fourth-order valence-electron chi connectivity index (χ4n) is 2.36. The van der Waals surface area contributed by atoms with E-state index < -0.39 is 22.8 Å². The van der Waals surface area contributed by atoms with Gasteiger partial charge < -0.3 is 9.47 Å². The summed E-state index contributed by atoms with van der Waals surface area (Å²) in [4.78, 5) is 24.2. The first-order chi connectivity index (χ1) is 9.20. The Bertz CT molecular complexity index is 596. The van der Waals surface area contributed by atoms with Gasteiger partial charge >= 0.3 is 0 Å². The normalized spacial score (nSPS) is 26.0. The number of Topliss-reactive ketones (excluding diaryl/α,β-unsaturated/α-hetero) is 2. The lowest BCUT2D eigenvalue weighted by atomic mass is 9.87. The quantitative estimate of drug-likeness (QED) is 0.502. The van der Waals surface area contributed by atoms with Gasteiger partial charge in [-0.25, -0.2) is 0 Å². The molecule has 0 fully saturated rings. The molecule has 4 nitrogen and oxygen atoms in total. The lowest BCUT2D eigenvalue weighted by Crippen LogP contribution is -2.37. The van der Waals surface area contributed by atoms with E-state index in [1.807, 2.05) is 27.7 Å². The van der Waals surface area contributed by atoms with Crippen molar-refractivity contribution >= 4 is 11.6 Å². The van der Waals surface area contributed by atoms with Gasteiger partial charge in [0, 0.05) is 0 Å². The molecule has 3 rings (SSSR count). The van der Waals surface area contributed by atoms with E-state index in [-0.39, 0.29) is 11.1 Å². The Labute approximate surface area is 117 Å². The Morgan fingerprint density at radius 3 is 1.45 bits per heavy atom. The first kappa shape index (κ1) is 12.9. The number of hydrogen-bond donors (Lipinski definition) is 0. The van der Waals surface area contributed by atoms with Gasteiger partial charge in [-0.1, -0.05) is 0 Å². The molecule has 0 bridgehead atoms. The van der Waals surface area contributed by atoms with E-state index in [1.54, 1.807) is 24.3 Å². The van der Waals surface area contributed by atoms with Crippen molar-refractivity contribution < 1.29 is 19.1 Å². The molecule has 0 unspecified atom stereocenters. The van der Waals surface area contributed by atoms with Crippen LogP contribution in [0.25, 0.3) is 0 Å². The fourth-order valence-corrected chi connectivity index (χ4v) is 2.36. The van der Waals surface area contributed by atoms with E-state index in [0.717, 1.165) is 0 Å². The summed E-state index contributed by atoms with van der Waals surface area (Å²) >= 11 is 0. The summed E-state index contributed by atoms with van der Waals surface area (Å²) < 4.78 is 11.7. The summed E-state index contributed by atoms with van der Waals surface area (Å²) in [5.41, 5.74) is -0.517. The molecule has 0 aromatic rings. The zero-order valence-electron chi connectivity index (χ0n) is 11.9. The van der Waals surface area contributed by atoms with Gasteiger partial charge in [-0.2, -0.15) is 0 Å². The largest absolute Gasteiger partial charge is 0.479 e. The lowest BCUT2D eigenvalue weighted by Gasteiger charge is -2.37. The van der Waals surface area contributed by atoms with Crippen molar-refractivity contribution in [2.75, 3.05) is 0 Å². The van der Waals surface area contributed by atoms with Crippen molar-refractivity contribution in [1.82, 2.24) is 0 Å². The number of fused-ring (bicyclic) bond motifs is 1. The first-order valence-electron chi connectivity index (χ1n) is 6.55. The van der Waals surface area contributed by atoms with E-state index in [4.69, 9.17) is 9.47 Å². The number of carbonyl (C=O) groups is 2. The van der Waals surface area contributed by atoms with Gasteiger partial charge in [-0.15, -0.1) is 0 Å². The van der Waals surface area contributed by atoms with Gasteiger partial charge in [-0.05, 0) is 52.0 Å². The van der Waals surface area contributed by atoms with Crippen molar-refractivity contribution in [1.29, 1.82) is 0 Å². The third-order valence-corrected chi connectivity index (χ3v) is 3.42. The summed E-state index contributed by atoms with van der Waals surface area (Å²) in [6.07, 6.45) is 6.84. The molecular weight excluding hydrogens is 256 g/mol. The van der Waals surface area contributed by atoms with Gasteiger partial charge in [0.1, 0.15) is 11.2 Å². The van der Waals surface area contributed by atoms with Gasteiger partial charge in [0.25, 0.3) is 0 Å². The molecule has 0 spiro atoms. The van der Waals surface area contributed by atoms with Gasteiger partial charge in [-0.3, -0.25) is 9.59 Å². The Morgan fingerprint density at radius 1 is 0.750 bits per heavy atom. The van der Waals surface area contributed by atoms with Crippen LogP contribution in [-0.4, -0.2) is 22.8 Å². The van der Waals surface area contributed by atoms with Crippen molar-refractivity contribution in [2.24, 2.45) is 0 Å². The number of rotatable bonds is 0. The molecule has 0 N–H and O–H groups in total. The molecule has 3 aliphatic rings. The monoisotopic (exact) mass is 272 g/mol. The molecule has 2 aliphatic heterocycles. The molecule has 104 valence electrons. The standard InChI is InChI=1S/C16H16O4/c1-15(2)7-5-9-11(17)12(18)10-6-8-16(3,4)20-14(10)13(9)19-15/h5-8H,1-4H3. The Morgan fingerprint density at radius 2 is 1.10 bits per heavy atom. The second-order valence-corrected chi connectivity index (χ2v) is 6.22. The summed E-state index contributed by atoms with van der Waals surface area (Å²) in [7, 11) is 0. The lowest BCUT2D eigenvalue weighted by molar-refractivity contribution is -0.133. The van der Waals surface area contributed by atoms with Gasteiger partial charge in [0.05, 0.1) is 11.1 Å². The van der Waals surface area contributed by atoms with Crippen LogP contribution in [0.15, 0.2) is 47.0 Å². The van der Waals surface area contributed by atoms with E-state index in [9.17, 15) is 9.59 Å². The van der Waals surface area contributed by atoms with Crippen LogP contribution >= 0.6 is 0 Å².